The van der Waals surface area contributed by atoms with E-state index in [1.165, 1.54) is 9.80 Å². The number of carbonyl (C=O) groups is 3. The zero-order valence-electron chi connectivity index (χ0n) is 12.1. The van der Waals surface area contributed by atoms with Crippen LogP contribution in [0, 0.1) is 0 Å². The molecule has 0 spiro atoms. The van der Waals surface area contributed by atoms with Gasteiger partial charge in [-0.2, -0.15) is 0 Å². The molecule has 1 fully saturated rings. The van der Waals surface area contributed by atoms with Crippen LogP contribution in [-0.4, -0.2) is 40.6 Å². The Labute approximate surface area is 130 Å². The van der Waals surface area contributed by atoms with Crippen LogP contribution in [0.25, 0.3) is 0 Å². The van der Waals surface area contributed by atoms with Crippen LogP contribution in [0.2, 0.25) is 0 Å². The Kier molecular flexibility index (Phi) is 5.90. The van der Waals surface area contributed by atoms with E-state index in [0.717, 1.165) is 5.56 Å². The van der Waals surface area contributed by atoms with Crippen molar-refractivity contribution in [2.24, 2.45) is 0 Å². The maximum atomic E-state index is 12.3. The summed E-state index contributed by atoms with van der Waals surface area (Å²) in [5.74, 6) is -0.638. The second kappa shape index (κ2) is 7.22. The Morgan fingerprint density at radius 2 is 1.90 bits per heavy atom. The number of halogens is 1. The van der Waals surface area contributed by atoms with Crippen molar-refractivity contribution < 1.29 is 14.4 Å². The van der Waals surface area contributed by atoms with Gasteiger partial charge in [-0.1, -0.05) is 37.3 Å². The molecule has 1 aliphatic heterocycles. The van der Waals surface area contributed by atoms with E-state index in [1.54, 1.807) is 14.0 Å². The van der Waals surface area contributed by atoms with Crippen LogP contribution in [0.3, 0.4) is 0 Å². The molecule has 1 atom stereocenters. The molecule has 0 radical (unpaired) electrons. The quantitative estimate of drug-likeness (QED) is 0.794. The number of benzene rings is 1. The molecule has 21 heavy (non-hydrogen) atoms. The summed E-state index contributed by atoms with van der Waals surface area (Å²) in [6, 6.07) is 8.70. The topological polar surface area (TPSA) is 57.7 Å². The Bertz CT molecular complexity index is 533. The van der Waals surface area contributed by atoms with Crippen LogP contribution in [-0.2, 0) is 20.9 Å². The zero-order chi connectivity index (χ0) is 14.7. The molecule has 0 N–H and O–H groups in total. The minimum atomic E-state index is -0.654. The van der Waals surface area contributed by atoms with Crippen LogP contribution in [0.15, 0.2) is 30.3 Å². The molecule has 1 aliphatic rings. The summed E-state index contributed by atoms with van der Waals surface area (Å²) in [6.45, 7) is 2.00. The molecule has 2 rings (SSSR count). The Hall–Kier alpha value is -1.88. The molecule has 0 aliphatic carbocycles. The van der Waals surface area contributed by atoms with E-state index in [0.29, 0.717) is 6.42 Å². The normalized spacial score (nSPS) is 17.6. The SMILES string of the molecule is CCC(=O)N(C)[C@H]1CC(=O)N(Cc2ccccc2)C1=O.Cl. The molecule has 1 aromatic carbocycles. The highest BCUT2D eigenvalue weighted by Gasteiger charge is 2.41. The first-order valence-electron chi connectivity index (χ1n) is 6.68. The number of likely N-dealkylation sites (tertiary alicyclic amines) is 1. The van der Waals surface area contributed by atoms with Crippen LogP contribution in [0.5, 0.6) is 0 Å². The Morgan fingerprint density at radius 1 is 1.29 bits per heavy atom. The van der Waals surface area contributed by atoms with Crippen molar-refractivity contribution in [3.8, 4) is 0 Å². The van der Waals surface area contributed by atoms with E-state index >= 15 is 0 Å². The Morgan fingerprint density at radius 3 is 2.48 bits per heavy atom. The minimum absolute atomic E-state index is 0. The largest absolute Gasteiger partial charge is 0.333 e. The molecular weight excluding hydrogens is 292 g/mol. The first kappa shape index (κ1) is 17.2. The van der Waals surface area contributed by atoms with E-state index in [-0.39, 0.29) is 43.1 Å². The summed E-state index contributed by atoms with van der Waals surface area (Å²) in [7, 11) is 1.58. The predicted molar refractivity (Wildman–Crippen MR) is 80.7 cm³/mol. The van der Waals surface area contributed by atoms with Crippen LogP contribution < -0.4 is 0 Å². The van der Waals surface area contributed by atoms with Gasteiger partial charge in [0.25, 0.3) is 5.91 Å². The fourth-order valence-corrected chi connectivity index (χ4v) is 2.32. The smallest absolute Gasteiger partial charge is 0.252 e. The van der Waals surface area contributed by atoms with Gasteiger partial charge in [-0.3, -0.25) is 19.3 Å². The number of likely N-dealkylation sites (N-methyl/N-ethyl adjacent to an activating group) is 1. The molecule has 114 valence electrons. The van der Waals surface area contributed by atoms with Gasteiger partial charge >= 0.3 is 0 Å². The summed E-state index contributed by atoms with van der Waals surface area (Å²) < 4.78 is 0. The first-order valence-corrected chi connectivity index (χ1v) is 6.68. The summed E-state index contributed by atoms with van der Waals surface area (Å²) >= 11 is 0. The number of hydrogen-bond donors (Lipinski definition) is 0. The van der Waals surface area contributed by atoms with Gasteiger partial charge in [0.15, 0.2) is 0 Å². The van der Waals surface area contributed by atoms with Crippen LogP contribution >= 0.6 is 12.4 Å². The summed E-state index contributed by atoms with van der Waals surface area (Å²) in [5.41, 5.74) is 0.902. The number of nitrogens with zero attached hydrogens (tertiary/aromatic N) is 2. The lowest BCUT2D eigenvalue weighted by molar-refractivity contribution is -0.143. The predicted octanol–water partition coefficient (Wildman–Crippen LogP) is 1.60. The van der Waals surface area contributed by atoms with Gasteiger partial charge in [0, 0.05) is 13.5 Å². The lowest BCUT2D eigenvalue weighted by Gasteiger charge is -2.22. The summed E-state index contributed by atoms with van der Waals surface area (Å²) in [4.78, 5) is 38.6. The summed E-state index contributed by atoms with van der Waals surface area (Å²) in [5, 5.41) is 0. The second-order valence-corrected chi connectivity index (χ2v) is 4.88. The van der Waals surface area contributed by atoms with Crippen molar-refractivity contribution in [2.45, 2.75) is 32.4 Å². The maximum absolute atomic E-state index is 12.3. The standard InChI is InChI=1S/C15H18N2O3.ClH/c1-3-13(18)16(2)12-9-14(19)17(15(12)20)10-11-7-5-4-6-8-11;/h4-8,12H,3,9-10H2,1-2H3;1H/t12-;/m0./s1. The average Bonchev–Trinajstić information content (AvgIpc) is 2.75. The number of carbonyl (C=O) groups excluding carboxylic acids is 3. The fourth-order valence-electron chi connectivity index (χ4n) is 2.32. The highest BCUT2D eigenvalue weighted by Crippen LogP contribution is 2.20. The van der Waals surface area contributed by atoms with E-state index < -0.39 is 6.04 Å². The molecular formula is C15H19ClN2O3. The van der Waals surface area contributed by atoms with E-state index in [4.69, 9.17) is 0 Å². The van der Waals surface area contributed by atoms with Crippen molar-refractivity contribution in [2.75, 3.05) is 7.05 Å². The third-order valence-corrected chi connectivity index (χ3v) is 3.57. The second-order valence-electron chi connectivity index (χ2n) is 4.88. The van der Waals surface area contributed by atoms with E-state index in [1.807, 2.05) is 30.3 Å². The third-order valence-electron chi connectivity index (χ3n) is 3.57. The van der Waals surface area contributed by atoms with Gasteiger partial charge < -0.3 is 4.90 Å². The lowest BCUT2D eigenvalue weighted by atomic mass is 10.2. The van der Waals surface area contributed by atoms with Gasteiger partial charge in [-0.15, -0.1) is 12.4 Å². The third kappa shape index (κ3) is 3.61. The maximum Gasteiger partial charge on any atom is 0.252 e. The van der Waals surface area contributed by atoms with Crippen LogP contribution in [0.4, 0.5) is 0 Å². The molecule has 0 aromatic heterocycles. The molecule has 1 heterocycles. The van der Waals surface area contributed by atoms with E-state index in [9.17, 15) is 14.4 Å². The molecule has 1 saturated heterocycles. The molecule has 6 heteroatoms. The molecule has 5 nitrogen and oxygen atoms in total. The minimum Gasteiger partial charge on any atom is -0.333 e. The molecule has 3 amide bonds. The average molecular weight is 311 g/mol. The van der Waals surface area contributed by atoms with Crippen molar-refractivity contribution in [1.82, 2.24) is 9.80 Å². The van der Waals surface area contributed by atoms with Crippen molar-refractivity contribution >= 4 is 30.1 Å². The monoisotopic (exact) mass is 310 g/mol. The summed E-state index contributed by atoms with van der Waals surface area (Å²) in [6.07, 6.45) is 0.404. The van der Waals surface area contributed by atoms with Crippen LogP contribution in [0.1, 0.15) is 25.3 Å². The van der Waals surface area contributed by atoms with E-state index in [2.05, 4.69) is 0 Å². The highest BCUT2D eigenvalue weighted by atomic mass is 35.5. The van der Waals surface area contributed by atoms with Gasteiger partial charge in [0.05, 0.1) is 13.0 Å². The number of imide groups is 1. The van der Waals surface area contributed by atoms with Gasteiger partial charge in [0.2, 0.25) is 11.8 Å². The van der Waals surface area contributed by atoms with Crippen molar-refractivity contribution in [1.29, 1.82) is 0 Å². The van der Waals surface area contributed by atoms with Crippen molar-refractivity contribution in [3.63, 3.8) is 0 Å². The molecule has 0 saturated carbocycles. The molecule has 1 aromatic rings. The lowest BCUT2D eigenvalue weighted by Crippen LogP contribution is -2.42. The first-order chi connectivity index (χ1) is 9.54. The van der Waals surface area contributed by atoms with Gasteiger partial charge in [-0.05, 0) is 5.56 Å². The Balaban J connectivity index is 0.00000220. The number of rotatable bonds is 4. The van der Waals surface area contributed by atoms with Gasteiger partial charge in [0.1, 0.15) is 6.04 Å². The number of hydrogen-bond acceptors (Lipinski definition) is 3. The number of amides is 3. The van der Waals surface area contributed by atoms with Crippen molar-refractivity contribution in [3.05, 3.63) is 35.9 Å². The van der Waals surface area contributed by atoms with Gasteiger partial charge in [-0.25, -0.2) is 0 Å². The zero-order valence-corrected chi connectivity index (χ0v) is 12.9. The fraction of sp³-hybridized carbons (Fsp3) is 0.400. The molecule has 0 bridgehead atoms. The highest BCUT2D eigenvalue weighted by molar-refractivity contribution is 6.06. The molecule has 0 unspecified atom stereocenters.